The van der Waals surface area contributed by atoms with Crippen LogP contribution < -0.4 is 10.6 Å². The molecule has 7 rings (SSSR count). The van der Waals surface area contributed by atoms with Gasteiger partial charge in [-0.2, -0.15) is 0 Å². The Balaban J connectivity index is 1.08. The molecule has 9 nitrogen and oxygen atoms in total. The van der Waals surface area contributed by atoms with Crippen molar-refractivity contribution >= 4 is 45.0 Å². The van der Waals surface area contributed by atoms with Gasteiger partial charge in [-0.1, -0.05) is 13.0 Å². The number of amides is 3. The predicted octanol–water partition coefficient (Wildman–Crippen LogP) is 4.26. The van der Waals surface area contributed by atoms with Crippen LogP contribution in [0, 0.1) is 5.92 Å². The minimum absolute atomic E-state index is 0.187. The van der Waals surface area contributed by atoms with Crippen molar-refractivity contribution in [1.82, 2.24) is 25.1 Å². The van der Waals surface area contributed by atoms with E-state index < -0.39 is 11.8 Å². The molecular weight excluding hydrogens is 536 g/mol. The number of nitrogens with zero attached hydrogens (tertiary/aromatic N) is 4. The number of pyridine rings is 1. The summed E-state index contributed by atoms with van der Waals surface area (Å²) in [6, 6.07) is 8.60. The largest absolute Gasteiger partial charge is 0.352 e. The standard InChI is InChI=1S/C31H36N6O3S/c1-18-2-6-26(37(17-18)31(40)29(39)34-21-15-23-24(33-16-21)8-11-32-28(23)38)20-3-7-27-25(14-20)35-30(41-27)19-9-12-36(13-10-19)22-4-5-22/h3,7,14-16,18-19,22,26H,2,4-6,8-13,17H2,1H3,(H,32,38)(H,34,39)/t18-,26+/m0/s1. The van der Waals surface area contributed by atoms with Crippen molar-refractivity contribution in [1.29, 1.82) is 0 Å². The third-order valence-electron chi connectivity index (χ3n) is 9.15. The number of thiazole rings is 1. The average Bonchev–Trinajstić information content (AvgIpc) is 3.75. The molecule has 2 N–H and O–H groups in total. The second-order valence-corrected chi connectivity index (χ2v) is 13.2. The smallest absolute Gasteiger partial charge is 0.313 e. The number of benzene rings is 1. The lowest BCUT2D eigenvalue weighted by Crippen LogP contribution is -2.46. The van der Waals surface area contributed by atoms with Gasteiger partial charge in [-0.15, -0.1) is 11.3 Å². The summed E-state index contributed by atoms with van der Waals surface area (Å²) in [5.74, 6) is -0.669. The highest BCUT2D eigenvalue weighted by Gasteiger charge is 2.36. The molecule has 2 saturated heterocycles. The van der Waals surface area contributed by atoms with Gasteiger partial charge in [-0.3, -0.25) is 19.4 Å². The molecule has 3 aliphatic heterocycles. The third-order valence-corrected chi connectivity index (χ3v) is 10.3. The molecule has 1 aromatic carbocycles. The monoisotopic (exact) mass is 572 g/mol. The van der Waals surface area contributed by atoms with E-state index >= 15 is 0 Å². The molecule has 1 aliphatic carbocycles. The van der Waals surface area contributed by atoms with Gasteiger partial charge in [0.1, 0.15) is 0 Å². The lowest BCUT2D eigenvalue weighted by Gasteiger charge is -2.38. The van der Waals surface area contributed by atoms with Crippen molar-refractivity contribution in [3.05, 3.63) is 52.3 Å². The van der Waals surface area contributed by atoms with Crippen molar-refractivity contribution in [2.75, 3.05) is 31.5 Å². The summed E-state index contributed by atoms with van der Waals surface area (Å²) in [6.45, 7) is 5.52. The fourth-order valence-electron chi connectivity index (χ4n) is 6.68. The number of carbonyl (C=O) groups is 3. The Morgan fingerprint density at radius 2 is 1.90 bits per heavy atom. The van der Waals surface area contributed by atoms with Gasteiger partial charge in [0.05, 0.1) is 44.4 Å². The SMILES string of the molecule is C[C@H]1CC[C@H](c2ccc3sc(C4CCN(C5CC5)CC4)nc3c2)N(C(=O)C(=O)Nc2cnc3c(c2)C(=O)NCC3)C1. The van der Waals surface area contributed by atoms with E-state index in [1.165, 1.54) is 54.7 Å². The van der Waals surface area contributed by atoms with E-state index in [1.54, 1.807) is 22.3 Å². The van der Waals surface area contributed by atoms with E-state index in [0.717, 1.165) is 30.0 Å². The van der Waals surface area contributed by atoms with Crippen molar-refractivity contribution in [3.63, 3.8) is 0 Å². The number of hydrogen-bond acceptors (Lipinski definition) is 7. The molecule has 214 valence electrons. The lowest BCUT2D eigenvalue weighted by atomic mass is 9.89. The second-order valence-electron chi connectivity index (χ2n) is 12.2. The predicted molar refractivity (Wildman–Crippen MR) is 158 cm³/mol. The number of piperidine rings is 2. The maximum absolute atomic E-state index is 13.5. The molecule has 41 heavy (non-hydrogen) atoms. The Kier molecular flexibility index (Phi) is 6.98. The topological polar surface area (TPSA) is 108 Å². The second kappa shape index (κ2) is 10.8. The van der Waals surface area contributed by atoms with Crippen molar-refractivity contribution < 1.29 is 14.4 Å². The molecule has 3 fully saturated rings. The van der Waals surface area contributed by atoms with Crippen molar-refractivity contribution in [3.8, 4) is 0 Å². The summed E-state index contributed by atoms with van der Waals surface area (Å²) in [7, 11) is 0. The van der Waals surface area contributed by atoms with Crippen LogP contribution in [0.1, 0.15) is 84.0 Å². The summed E-state index contributed by atoms with van der Waals surface area (Å²) in [6.07, 6.45) is 9.01. The number of anilines is 1. The summed E-state index contributed by atoms with van der Waals surface area (Å²) in [5.41, 5.74) is 3.50. The molecule has 2 aromatic heterocycles. The Morgan fingerprint density at radius 1 is 1.07 bits per heavy atom. The van der Waals surface area contributed by atoms with Crippen LogP contribution in [0.4, 0.5) is 5.69 Å². The van der Waals surface area contributed by atoms with Gasteiger partial charge in [0, 0.05) is 31.5 Å². The van der Waals surface area contributed by atoms with E-state index in [0.29, 0.717) is 48.3 Å². The molecule has 5 heterocycles. The van der Waals surface area contributed by atoms with Crippen LogP contribution in [0.3, 0.4) is 0 Å². The van der Waals surface area contributed by atoms with Crippen LogP contribution in [-0.4, -0.2) is 69.7 Å². The Labute approximate surface area is 243 Å². The average molecular weight is 573 g/mol. The van der Waals surface area contributed by atoms with Crippen LogP contribution in [-0.2, 0) is 16.0 Å². The Bertz CT molecular complexity index is 1510. The first-order valence-corrected chi connectivity index (χ1v) is 15.8. The van der Waals surface area contributed by atoms with Gasteiger partial charge < -0.3 is 20.4 Å². The number of likely N-dealkylation sites (tertiary alicyclic amines) is 2. The minimum Gasteiger partial charge on any atom is -0.352 e. The first kappa shape index (κ1) is 26.5. The molecule has 3 aromatic rings. The van der Waals surface area contributed by atoms with Crippen LogP contribution in [0.15, 0.2) is 30.5 Å². The van der Waals surface area contributed by atoms with E-state index in [4.69, 9.17) is 4.98 Å². The highest BCUT2D eigenvalue weighted by atomic mass is 32.1. The van der Waals surface area contributed by atoms with Crippen molar-refractivity contribution in [2.45, 2.75) is 69.9 Å². The lowest BCUT2D eigenvalue weighted by molar-refractivity contribution is -0.146. The summed E-state index contributed by atoms with van der Waals surface area (Å²) >= 11 is 1.80. The number of hydrogen-bond donors (Lipinski definition) is 2. The zero-order valence-electron chi connectivity index (χ0n) is 23.4. The zero-order chi connectivity index (χ0) is 28.1. The number of rotatable bonds is 4. The van der Waals surface area contributed by atoms with E-state index in [1.807, 2.05) is 0 Å². The summed E-state index contributed by atoms with van der Waals surface area (Å²) in [4.78, 5) is 52.7. The Hall–Kier alpha value is -3.37. The highest BCUT2D eigenvalue weighted by Crippen LogP contribution is 2.39. The first-order valence-electron chi connectivity index (χ1n) is 15.0. The van der Waals surface area contributed by atoms with E-state index in [-0.39, 0.29) is 11.9 Å². The molecule has 0 radical (unpaired) electrons. The molecule has 0 bridgehead atoms. The summed E-state index contributed by atoms with van der Waals surface area (Å²) in [5, 5.41) is 6.71. The maximum atomic E-state index is 13.5. The van der Waals surface area contributed by atoms with Gasteiger partial charge >= 0.3 is 11.8 Å². The number of nitrogens with one attached hydrogen (secondary N) is 2. The molecule has 1 saturated carbocycles. The van der Waals surface area contributed by atoms with Crippen molar-refractivity contribution in [2.24, 2.45) is 5.92 Å². The van der Waals surface area contributed by atoms with Crippen LogP contribution in [0.2, 0.25) is 0 Å². The van der Waals surface area contributed by atoms with Gasteiger partial charge in [0.25, 0.3) is 5.91 Å². The quantitative estimate of drug-likeness (QED) is 0.453. The normalized spacial score (nSPS) is 23.7. The summed E-state index contributed by atoms with van der Waals surface area (Å²) < 4.78 is 1.18. The van der Waals surface area contributed by atoms with E-state index in [9.17, 15) is 14.4 Å². The fraction of sp³-hybridized carbons (Fsp3) is 0.516. The Morgan fingerprint density at radius 3 is 2.71 bits per heavy atom. The number of fused-ring (bicyclic) bond motifs is 2. The fourth-order valence-corrected chi connectivity index (χ4v) is 7.80. The van der Waals surface area contributed by atoms with E-state index in [2.05, 4.69) is 45.6 Å². The molecule has 0 spiro atoms. The van der Waals surface area contributed by atoms with Gasteiger partial charge in [-0.05, 0) is 81.3 Å². The molecular formula is C31H36N6O3S. The molecule has 2 atom stereocenters. The minimum atomic E-state index is -0.711. The molecule has 4 aliphatic rings. The van der Waals surface area contributed by atoms with Crippen LogP contribution >= 0.6 is 11.3 Å². The number of carbonyl (C=O) groups excluding carboxylic acids is 3. The molecule has 10 heteroatoms. The molecule has 0 unspecified atom stereocenters. The first-order chi connectivity index (χ1) is 19.9. The van der Waals surface area contributed by atoms with Crippen LogP contribution in [0.5, 0.6) is 0 Å². The third kappa shape index (κ3) is 5.35. The maximum Gasteiger partial charge on any atom is 0.313 e. The van der Waals surface area contributed by atoms with Gasteiger partial charge in [0.15, 0.2) is 0 Å². The van der Waals surface area contributed by atoms with Gasteiger partial charge in [-0.25, -0.2) is 4.98 Å². The number of aromatic nitrogens is 2. The molecule has 3 amide bonds. The van der Waals surface area contributed by atoms with Crippen LogP contribution in [0.25, 0.3) is 10.2 Å². The zero-order valence-corrected chi connectivity index (χ0v) is 24.2. The van der Waals surface area contributed by atoms with Gasteiger partial charge in [0.2, 0.25) is 0 Å². The highest BCUT2D eigenvalue weighted by molar-refractivity contribution is 7.18.